The van der Waals surface area contributed by atoms with Crippen molar-refractivity contribution in [2.45, 2.75) is 0 Å². The van der Waals surface area contributed by atoms with Crippen LogP contribution >= 0.6 is 0 Å². The molecule has 0 saturated carbocycles. The molecule has 1 aromatic heterocycles. The van der Waals surface area contributed by atoms with Crippen LogP contribution in [0.25, 0.3) is 10.9 Å². The highest BCUT2D eigenvalue weighted by molar-refractivity contribution is 6.04. The van der Waals surface area contributed by atoms with Gasteiger partial charge >= 0.3 is 0 Å². The van der Waals surface area contributed by atoms with Gasteiger partial charge in [0.05, 0.1) is 32.4 Å². The molecule has 0 aliphatic heterocycles. The quantitative estimate of drug-likeness (QED) is 0.731. The highest BCUT2D eigenvalue weighted by atomic mass is 16.5. The maximum Gasteiger partial charge on any atom is 0.262 e. The van der Waals surface area contributed by atoms with E-state index in [4.69, 9.17) is 14.2 Å². The van der Waals surface area contributed by atoms with Crippen molar-refractivity contribution < 1.29 is 19.0 Å². The average Bonchev–Trinajstić information content (AvgIpc) is 3.04. The van der Waals surface area contributed by atoms with E-state index in [2.05, 4.69) is 6.07 Å². The molecule has 126 valence electrons. The first-order valence-corrected chi connectivity index (χ1v) is 7.49. The normalized spacial score (nSPS) is 10.3. The molecule has 0 unspecified atom stereocenters. The van der Waals surface area contributed by atoms with Crippen LogP contribution in [-0.2, 0) is 0 Å². The highest BCUT2D eigenvalue weighted by Gasteiger charge is 2.20. The van der Waals surface area contributed by atoms with Gasteiger partial charge in [0.15, 0.2) is 11.5 Å². The largest absolute Gasteiger partial charge is 0.493 e. The minimum atomic E-state index is -0.294. The van der Waals surface area contributed by atoms with Gasteiger partial charge in [0, 0.05) is 17.1 Å². The second-order valence-electron chi connectivity index (χ2n) is 5.26. The fraction of sp³-hybridized carbons (Fsp3) is 0.158. The summed E-state index contributed by atoms with van der Waals surface area (Å²) in [5.74, 6) is 0.901. The van der Waals surface area contributed by atoms with E-state index in [0.717, 1.165) is 5.39 Å². The maximum absolute atomic E-state index is 13.0. The number of carbonyl (C=O) groups is 1. The molecule has 0 bridgehead atoms. The van der Waals surface area contributed by atoms with E-state index < -0.39 is 0 Å². The molecule has 0 amide bonds. The second kappa shape index (κ2) is 6.57. The number of rotatable bonds is 4. The van der Waals surface area contributed by atoms with Crippen LogP contribution in [0.1, 0.15) is 15.9 Å². The Bertz CT molecular complexity index is 973. The van der Waals surface area contributed by atoms with Gasteiger partial charge in [0.1, 0.15) is 6.07 Å². The van der Waals surface area contributed by atoms with Gasteiger partial charge < -0.3 is 14.2 Å². The van der Waals surface area contributed by atoms with Crippen molar-refractivity contribution in [1.29, 1.82) is 5.26 Å². The lowest BCUT2D eigenvalue weighted by Gasteiger charge is -2.14. The standard InChI is InChI=1S/C19H16N2O4/c1-23-16-8-12(9-17(24-2)18(16)25-3)19(22)21-11-13(10-20)14-6-4-5-7-15(14)21/h4-9,11H,1-3H3. The van der Waals surface area contributed by atoms with E-state index in [1.54, 1.807) is 18.2 Å². The minimum absolute atomic E-state index is 0.294. The molecule has 0 fully saturated rings. The van der Waals surface area contributed by atoms with Crippen molar-refractivity contribution in [1.82, 2.24) is 4.57 Å². The first kappa shape index (κ1) is 16.4. The van der Waals surface area contributed by atoms with Gasteiger partial charge in [-0.15, -0.1) is 0 Å². The third-order valence-electron chi connectivity index (χ3n) is 3.96. The Morgan fingerprint density at radius 3 is 2.24 bits per heavy atom. The Labute approximate surface area is 144 Å². The van der Waals surface area contributed by atoms with Crippen LogP contribution in [0.15, 0.2) is 42.6 Å². The summed E-state index contributed by atoms with van der Waals surface area (Å²) < 4.78 is 17.3. The first-order chi connectivity index (χ1) is 12.1. The van der Waals surface area contributed by atoms with Crippen LogP contribution in [0.2, 0.25) is 0 Å². The lowest BCUT2D eigenvalue weighted by molar-refractivity contribution is 0.0964. The molecular formula is C19H16N2O4. The molecule has 3 rings (SSSR count). The molecule has 0 atom stereocenters. The number of nitriles is 1. The number of methoxy groups -OCH3 is 3. The Balaban J connectivity index is 2.18. The summed E-state index contributed by atoms with van der Waals surface area (Å²) >= 11 is 0. The number of carbonyl (C=O) groups excluding carboxylic acids is 1. The van der Waals surface area contributed by atoms with Gasteiger partial charge in [-0.2, -0.15) is 5.26 Å². The van der Waals surface area contributed by atoms with Crippen LogP contribution in [-0.4, -0.2) is 31.8 Å². The predicted molar refractivity (Wildman–Crippen MR) is 92.5 cm³/mol. The van der Waals surface area contributed by atoms with Crippen LogP contribution < -0.4 is 14.2 Å². The summed E-state index contributed by atoms with van der Waals surface area (Å²) in [4.78, 5) is 13.0. The van der Waals surface area contributed by atoms with Gasteiger partial charge in [-0.3, -0.25) is 9.36 Å². The molecule has 0 N–H and O–H groups in total. The van der Waals surface area contributed by atoms with E-state index >= 15 is 0 Å². The summed E-state index contributed by atoms with van der Waals surface area (Å²) in [6, 6.07) is 12.6. The molecule has 0 aliphatic rings. The molecule has 6 heteroatoms. The number of para-hydroxylation sites is 1. The summed E-state index contributed by atoms with van der Waals surface area (Å²) in [6.45, 7) is 0. The van der Waals surface area contributed by atoms with Gasteiger partial charge in [-0.25, -0.2) is 0 Å². The average molecular weight is 336 g/mol. The second-order valence-corrected chi connectivity index (χ2v) is 5.26. The topological polar surface area (TPSA) is 73.5 Å². The lowest BCUT2D eigenvalue weighted by Crippen LogP contribution is -2.11. The predicted octanol–water partition coefficient (Wildman–Crippen LogP) is 3.23. The van der Waals surface area contributed by atoms with Gasteiger partial charge in [0.2, 0.25) is 5.75 Å². The van der Waals surface area contributed by atoms with Crippen LogP contribution in [0.4, 0.5) is 0 Å². The molecule has 2 aromatic carbocycles. The zero-order valence-corrected chi connectivity index (χ0v) is 14.1. The molecule has 1 heterocycles. The van der Waals surface area contributed by atoms with E-state index in [9.17, 15) is 10.1 Å². The monoisotopic (exact) mass is 336 g/mol. The van der Waals surface area contributed by atoms with Crippen molar-refractivity contribution in [3.05, 3.63) is 53.7 Å². The highest BCUT2D eigenvalue weighted by Crippen LogP contribution is 2.38. The van der Waals surface area contributed by atoms with Crippen molar-refractivity contribution >= 4 is 16.8 Å². The summed E-state index contributed by atoms with van der Waals surface area (Å²) in [6.07, 6.45) is 1.54. The Morgan fingerprint density at radius 2 is 1.68 bits per heavy atom. The van der Waals surface area contributed by atoms with Crippen LogP contribution in [0.5, 0.6) is 17.2 Å². The fourth-order valence-corrected chi connectivity index (χ4v) is 2.78. The van der Waals surface area contributed by atoms with Gasteiger partial charge in [-0.1, -0.05) is 18.2 Å². The SMILES string of the molecule is COc1cc(C(=O)n2cc(C#N)c3ccccc32)cc(OC)c1OC. The van der Waals surface area contributed by atoms with E-state index in [1.807, 2.05) is 18.2 Å². The van der Waals surface area contributed by atoms with Gasteiger partial charge in [-0.05, 0) is 18.2 Å². The zero-order valence-electron chi connectivity index (χ0n) is 14.1. The summed E-state index contributed by atoms with van der Waals surface area (Å²) in [7, 11) is 4.48. The molecule has 0 aliphatic carbocycles. The number of ether oxygens (including phenoxy) is 3. The lowest BCUT2D eigenvalue weighted by atomic mass is 10.1. The minimum Gasteiger partial charge on any atom is -0.493 e. The van der Waals surface area contributed by atoms with Gasteiger partial charge in [0.25, 0.3) is 5.91 Å². The Kier molecular flexibility index (Phi) is 4.31. The molecule has 3 aromatic rings. The smallest absolute Gasteiger partial charge is 0.262 e. The van der Waals surface area contributed by atoms with E-state index in [1.165, 1.54) is 32.1 Å². The number of nitrogens with zero attached hydrogens (tertiary/aromatic N) is 2. The fourth-order valence-electron chi connectivity index (χ4n) is 2.78. The Morgan fingerprint density at radius 1 is 1.04 bits per heavy atom. The van der Waals surface area contributed by atoms with E-state index in [0.29, 0.717) is 33.9 Å². The number of benzene rings is 2. The number of fused-ring (bicyclic) bond motifs is 1. The molecule has 0 saturated heterocycles. The molecule has 0 radical (unpaired) electrons. The molecule has 6 nitrogen and oxygen atoms in total. The van der Waals surface area contributed by atoms with Crippen LogP contribution in [0.3, 0.4) is 0 Å². The number of aromatic nitrogens is 1. The molecule has 25 heavy (non-hydrogen) atoms. The third kappa shape index (κ3) is 2.66. The first-order valence-electron chi connectivity index (χ1n) is 7.49. The van der Waals surface area contributed by atoms with Crippen molar-refractivity contribution in [3.63, 3.8) is 0 Å². The molecule has 0 spiro atoms. The number of hydrogen-bond donors (Lipinski definition) is 0. The van der Waals surface area contributed by atoms with E-state index in [-0.39, 0.29) is 5.91 Å². The van der Waals surface area contributed by atoms with Crippen molar-refractivity contribution in [2.24, 2.45) is 0 Å². The van der Waals surface area contributed by atoms with Crippen molar-refractivity contribution in [2.75, 3.05) is 21.3 Å². The summed E-state index contributed by atoms with van der Waals surface area (Å²) in [5, 5.41) is 10.0. The molecular weight excluding hydrogens is 320 g/mol. The van der Waals surface area contributed by atoms with Crippen molar-refractivity contribution in [3.8, 4) is 23.3 Å². The Hall–Kier alpha value is -3.46. The maximum atomic E-state index is 13.0. The number of hydrogen-bond acceptors (Lipinski definition) is 5. The zero-order chi connectivity index (χ0) is 18.0. The summed E-state index contributed by atoms with van der Waals surface area (Å²) in [5.41, 5.74) is 1.47. The third-order valence-corrected chi connectivity index (χ3v) is 3.96. The van der Waals surface area contributed by atoms with Crippen LogP contribution in [0, 0.1) is 11.3 Å².